The van der Waals surface area contributed by atoms with E-state index in [0.29, 0.717) is 17.8 Å². The first-order valence-corrected chi connectivity index (χ1v) is 13.0. The number of carbonyl (C=O) groups excluding carboxylic acids is 3. The van der Waals surface area contributed by atoms with Gasteiger partial charge in [0.15, 0.2) is 17.6 Å². The quantitative estimate of drug-likeness (QED) is 0.247. The van der Waals surface area contributed by atoms with Gasteiger partial charge in [-0.1, -0.05) is 0 Å². The molecule has 4 fully saturated rings. The molecule has 0 amide bonds. The summed E-state index contributed by atoms with van der Waals surface area (Å²) in [5.74, 6) is -1.75. The third-order valence-corrected chi connectivity index (χ3v) is 8.73. The lowest BCUT2D eigenvalue weighted by Gasteiger charge is -2.55. The van der Waals surface area contributed by atoms with E-state index in [0.717, 1.165) is 19.3 Å². The number of hydrogen-bond donors (Lipinski definition) is 1. The highest BCUT2D eigenvalue weighted by Gasteiger charge is 2.62. The molecule has 4 saturated carbocycles. The van der Waals surface area contributed by atoms with Crippen LogP contribution in [0.4, 0.5) is 0 Å². The Labute approximate surface area is 190 Å². The van der Waals surface area contributed by atoms with Gasteiger partial charge in [-0.3, -0.25) is 14.1 Å². The van der Waals surface area contributed by atoms with Crippen molar-refractivity contribution in [2.75, 3.05) is 12.4 Å². The van der Waals surface area contributed by atoms with E-state index in [2.05, 4.69) is 0 Å². The number of esters is 3. The molecule has 10 nitrogen and oxygen atoms in total. The minimum Gasteiger partial charge on any atom is -0.476 e. The predicted molar refractivity (Wildman–Crippen MR) is 107 cm³/mol. The SMILES string of the molecule is O=C1OC2=C(OC(=O)C34CC5CC(CC(C5)C3)C4)C3OC2=C1[C@@H]3C(=O)OCCCS(=O)(=O)O. The van der Waals surface area contributed by atoms with Gasteiger partial charge >= 0.3 is 17.9 Å². The molecule has 33 heavy (non-hydrogen) atoms. The Bertz CT molecular complexity index is 1090. The summed E-state index contributed by atoms with van der Waals surface area (Å²) >= 11 is 0. The molecule has 0 aromatic carbocycles. The Kier molecular flexibility index (Phi) is 4.52. The summed E-state index contributed by atoms with van der Waals surface area (Å²) in [5, 5.41) is 0. The van der Waals surface area contributed by atoms with Crippen molar-refractivity contribution in [2.45, 2.75) is 51.0 Å². The van der Waals surface area contributed by atoms with Crippen LogP contribution < -0.4 is 0 Å². The fourth-order valence-corrected chi connectivity index (χ4v) is 7.54. The van der Waals surface area contributed by atoms with E-state index in [4.69, 9.17) is 23.5 Å². The van der Waals surface area contributed by atoms with Crippen LogP contribution in [0, 0.1) is 29.1 Å². The van der Waals surface area contributed by atoms with E-state index in [9.17, 15) is 22.8 Å². The molecule has 0 aromatic heterocycles. The Morgan fingerprint density at radius 2 is 1.70 bits per heavy atom. The number of rotatable bonds is 7. The fourth-order valence-electron chi connectivity index (χ4n) is 7.06. The molecule has 0 aromatic rings. The van der Waals surface area contributed by atoms with Crippen molar-refractivity contribution in [1.29, 1.82) is 0 Å². The van der Waals surface area contributed by atoms with Gasteiger partial charge < -0.3 is 18.9 Å². The van der Waals surface area contributed by atoms with Gasteiger partial charge in [0.05, 0.1) is 17.8 Å². The van der Waals surface area contributed by atoms with Crippen molar-refractivity contribution in [3.05, 3.63) is 22.9 Å². The molecule has 3 heterocycles. The van der Waals surface area contributed by atoms with E-state index in [-0.39, 0.29) is 41.8 Å². The van der Waals surface area contributed by atoms with Crippen molar-refractivity contribution in [2.24, 2.45) is 29.1 Å². The molecule has 6 bridgehead atoms. The second-order valence-electron chi connectivity index (χ2n) is 10.2. The average Bonchev–Trinajstić information content (AvgIpc) is 3.33. The topological polar surface area (TPSA) is 142 Å². The summed E-state index contributed by atoms with van der Waals surface area (Å²) in [6.07, 6.45) is 4.80. The van der Waals surface area contributed by atoms with Crippen LogP contribution in [0.3, 0.4) is 0 Å². The highest BCUT2D eigenvalue weighted by molar-refractivity contribution is 7.85. The molecule has 4 aliphatic carbocycles. The molecule has 1 N–H and O–H groups in total. The zero-order chi connectivity index (χ0) is 23.1. The van der Waals surface area contributed by atoms with E-state index < -0.39 is 45.2 Å². The van der Waals surface area contributed by atoms with Gasteiger partial charge in [0.25, 0.3) is 10.1 Å². The smallest absolute Gasteiger partial charge is 0.344 e. The first-order chi connectivity index (χ1) is 15.6. The highest BCUT2D eigenvalue weighted by atomic mass is 32.2. The molecule has 0 spiro atoms. The van der Waals surface area contributed by atoms with Crippen LogP contribution >= 0.6 is 0 Å². The second kappa shape index (κ2) is 7.05. The molecule has 7 rings (SSSR count). The number of carbonyl (C=O) groups is 3. The Morgan fingerprint density at radius 1 is 1.06 bits per heavy atom. The van der Waals surface area contributed by atoms with Crippen molar-refractivity contribution < 1.29 is 46.3 Å². The summed E-state index contributed by atoms with van der Waals surface area (Å²) in [7, 11) is -4.17. The van der Waals surface area contributed by atoms with Crippen molar-refractivity contribution in [3.8, 4) is 0 Å². The molecule has 178 valence electrons. The Balaban J connectivity index is 1.19. The second-order valence-corrected chi connectivity index (χ2v) is 11.8. The molecule has 1 unspecified atom stereocenters. The molecule has 3 aliphatic heterocycles. The fraction of sp³-hybridized carbons (Fsp3) is 0.682. The van der Waals surface area contributed by atoms with Crippen LogP contribution in [-0.4, -0.2) is 49.3 Å². The lowest BCUT2D eigenvalue weighted by atomic mass is 9.49. The summed E-state index contributed by atoms with van der Waals surface area (Å²) in [6, 6.07) is 0. The monoisotopic (exact) mass is 480 g/mol. The largest absolute Gasteiger partial charge is 0.476 e. The van der Waals surface area contributed by atoms with Gasteiger partial charge in [0.1, 0.15) is 11.5 Å². The Morgan fingerprint density at radius 3 is 2.30 bits per heavy atom. The lowest BCUT2D eigenvalue weighted by Crippen LogP contribution is -2.50. The minimum atomic E-state index is -4.17. The van der Waals surface area contributed by atoms with E-state index in [1.807, 2.05) is 0 Å². The zero-order valence-corrected chi connectivity index (χ0v) is 18.6. The first-order valence-electron chi connectivity index (χ1n) is 11.4. The van der Waals surface area contributed by atoms with Gasteiger partial charge in [-0.2, -0.15) is 8.42 Å². The standard InChI is InChI=1S/C22H24O10S/c23-19(29-2-1-3-33(26,27)28)13-14-16-17(31-20(14)24)18(15(13)30-16)32-21(25)22-7-10-4-11(8-22)6-12(5-10)9-22/h10-13,15H,1-9H2,(H,26,27,28)/t10?,11?,12?,13-,15?,22?/m0/s1. The molecule has 0 radical (unpaired) electrons. The first kappa shape index (κ1) is 21.2. The lowest BCUT2D eigenvalue weighted by molar-refractivity contribution is -0.169. The molecular formula is C22H24O10S. The number of hydrogen-bond acceptors (Lipinski definition) is 9. The summed E-state index contributed by atoms with van der Waals surface area (Å²) in [4.78, 5) is 38.5. The van der Waals surface area contributed by atoms with Gasteiger partial charge in [-0.25, -0.2) is 4.79 Å². The van der Waals surface area contributed by atoms with E-state index >= 15 is 0 Å². The van der Waals surface area contributed by atoms with Crippen LogP contribution in [0.15, 0.2) is 22.9 Å². The molecule has 7 aliphatic rings. The van der Waals surface area contributed by atoms with Crippen molar-refractivity contribution in [1.82, 2.24) is 0 Å². The third-order valence-electron chi connectivity index (χ3n) is 7.93. The molecule has 0 saturated heterocycles. The summed E-state index contributed by atoms with van der Waals surface area (Å²) < 4.78 is 52.4. The summed E-state index contributed by atoms with van der Waals surface area (Å²) in [5.41, 5.74) is -0.500. The predicted octanol–water partition coefficient (Wildman–Crippen LogP) is 1.62. The summed E-state index contributed by atoms with van der Waals surface area (Å²) in [6.45, 7) is -0.265. The maximum atomic E-state index is 13.4. The van der Waals surface area contributed by atoms with Gasteiger partial charge in [-0.15, -0.1) is 0 Å². The number of fused-ring (bicyclic) bond motifs is 1. The van der Waals surface area contributed by atoms with Gasteiger partial charge in [0, 0.05) is 0 Å². The van der Waals surface area contributed by atoms with E-state index in [1.54, 1.807) is 0 Å². The van der Waals surface area contributed by atoms with Crippen molar-refractivity contribution >= 4 is 28.0 Å². The van der Waals surface area contributed by atoms with Crippen LogP contribution in [-0.2, 0) is 43.4 Å². The Hall–Kier alpha value is -2.40. The highest BCUT2D eigenvalue weighted by Crippen LogP contribution is 2.61. The molecule has 11 heteroatoms. The molecule has 2 atom stereocenters. The third kappa shape index (κ3) is 3.30. The van der Waals surface area contributed by atoms with E-state index in [1.165, 1.54) is 19.3 Å². The van der Waals surface area contributed by atoms with Crippen LogP contribution in [0.2, 0.25) is 0 Å². The van der Waals surface area contributed by atoms with Crippen LogP contribution in [0.1, 0.15) is 44.9 Å². The zero-order valence-electron chi connectivity index (χ0n) is 17.8. The number of ether oxygens (including phenoxy) is 4. The van der Waals surface area contributed by atoms with Gasteiger partial charge in [0.2, 0.25) is 5.76 Å². The van der Waals surface area contributed by atoms with Crippen molar-refractivity contribution in [3.63, 3.8) is 0 Å². The van der Waals surface area contributed by atoms with Crippen LogP contribution in [0.25, 0.3) is 0 Å². The van der Waals surface area contributed by atoms with Crippen LogP contribution in [0.5, 0.6) is 0 Å². The minimum absolute atomic E-state index is 0.0318. The maximum absolute atomic E-state index is 13.4. The van der Waals surface area contributed by atoms with Gasteiger partial charge in [-0.05, 0) is 62.7 Å². The normalized spacial score (nSPS) is 37.5. The maximum Gasteiger partial charge on any atom is 0.344 e. The average molecular weight is 480 g/mol. The molecular weight excluding hydrogens is 456 g/mol.